The van der Waals surface area contributed by atoms with E-state index in [1.807, 2.05) is 13.8 Å². The molecule has 0 fully saturated rings. The minimum Gasteiger partial charge on any atom is -0.341 e. The van der Waals surface area contributed by atoms with Gasteiger partial charge in [-0.15, -0.1) is 0 Å². The van der Waals surface area contributed by atoms with Crippen molar-refractivity contribution in [1.82, 2.24) is 24.2 Å². The van der Waals surface area contributed by atoms with Crippen molar-refractivity contribution in [2.45, 2.75) is 26.7 Å². The number of nitrogens with one attached hydrogen (secondary N) is 2. The molecule has 0 radical (unpaired) electrons. The summed E-state index contributed by atoms with van der Waals surface area (Å²) in [5.74, 6) is -0.0863. The van der Waals surface area contributed by atoms with E-state index in [4.69, 9.17) is 11.6 Å². The molecule has 0 bridgehead atoms. The lowest BCUT2D eigenvalue weighted by Gasteiger charge is -2.20. The highest BCUT2D eigenvalue weighted by Crippen LogP contribution is 2.19. The number of anilines is 1. The molecular weight excluding hydrogens is 316 g/mol. The normalized spacial score (nSPS) is 12.2. The lowest BCUT2D eigenvalue weighted by Crippen LogP contribution is -2.37. The van der Waals surface area contributed by atoms with Gasteiger partial charge < -0.3 is 4.98 Å². The van der Waals surface area contributed by atoms with Crippen molar-refractivity contribution < 1.29 is 8.42 Å². The van der Waals surface area contributed by atoms with Gasteiger partial charge in [0.1, 0.15) is 5.52 Å². The van der Waals surface area contributed by atoms with E-state index in [0.717, 1.165) is 12.8 Å². The second kappa shape index (κ2) is 6.54. The van der Waals surface area contributed by atoms with Crippen molar-refractivity contribution in [2.75, 3.05) is 17.8 Å². The average Bonchev–Trinajstić information content (AvgIpc) is 2.86. The van der Waals surface area contributed by atoms with Crippen molar-refractivity contribution in [2.24, 2.45) is 0 Å². The minimum atomic E-state index is -3.71. The number of fused-ring (bicyclic) bond motifs is 1. The minimum absolute atomic E-state index is 0.0863. The molecule has 2 heterocycles. The molecule has 0 unspecified atom stereocenters. The third-order valence-corrected chi connectivity index (χ3v) is 4.51. The first-order valence-corrected chi connectivity index (χ1v) is 8.44. The summed E-state index contributed by atoms with van der Waals surface area (Å²) in [5.41, 5.74) is 0.781. The fraction of sp³-hybridized carbons (Fsp3) is 0.545. The molecule has 0 atom stereocenters. The van der Waals surface area contributed by atoms with Gasteiger partial charge in [0.2, 0.25) is 5.95 Å². The van der Waals surface area contributed by atoms with Crippen molar-refractivity contribution in [3.8, 4) is 0 Å². The quantitative estimate of drug-likeness (QED) is 0.752. The van der Waals surface area contributed by atoms with Gasteiger partial charge in [0.25, 0.3) is 0 Å². The van der Waals surface area contributed by atoms with Gasteiger partial charge >= 0.3 is 10.2 Å². The Bertz CT molecular complexity index is 711. The van der Waals surface area contributed by atoms with Gasteiger partial charge in [-0.3, -0.25) is 0 Å². The molecule has 0 aliphatic rings. The number of imidazole rings is 1. The van der Waals surface area contributed by atoms with E-state index in [-0.39, 0.29) is 11.1 Å². The summed E-state index contributed by atoms with van der Waals surface area (Å²) in [7, 11) is -3.71. The molecule has 2 aromatic heterocycles. The molecular formula is C11H17ClN6O2S. The Hall–Kier alpha value is -1.45. The van der Waals surface area contributed by atoms with Crippen LogP contribution in [0.5, 0.6) is 0 Å². The lowest BCUT2D eigenvalue weighted by atomic mass is 10.4. The second-order valence-corrected chi connectivity index (χ2v) is 6.47. The highest BCUT2D eigenvalue weighted by molar-refractivity contribution is 7.90. The Morgan fingerprint density at radius 1 is 1.29 bits per heavy atom. The van der Waals surface area contributed by atoms with Gasteiger partial charge in [-0.05, 0) is 12.8 Å². The fourth-order valence-electron chi connectivity index (χ4n) is 1.87. The van der Waals surface area contributed by atoms with Gasteiger partial charge in [-0.2, -0.15) is 22.7 Å². The maximum Gasteiger partial charge on any atom is 0.303 e. The monoisotopic (exact) mass is 332 g/mol. The first-order valence-electron chi connectivity index (χ1n) is 6.62. The summed E-state index contributed by atoms with van der Waals surface area (Å²) in [6, 6.07) is 0. The summed E-state index contributed by atoms with van der Waals surface area (Å²) in [6.45, 7) is 4.70. The first-order chi connectivity index (χ1) is 9.97. The average molecular weight is 333 g/mol. The van der Waals surface area contributed by atoms with Crippen molar-refractivity contribution in [1.29, 1.82) is 0 Å². The number of H-pyrrole nitrogens is 1. The fourth-order valence-corrected chi connectivity index (χ4v) is 3.39. The molecule has 116 valence electrons. The van der Waals surface area contributed by atoms with Gasteiger partial charge in [-0.1, -0.05) is 25.4 Å². The van der Waals surface area contributed by atoms with Crippen molar-refractivity contribution in [3.63, 3.8) is 0 Å². The molecule has 2 rings (SSSR count). The first kappa shape index (κ1) is 15.9. The van der Waals surface area contributed by atoms with Crippen LogP contribution in [0.15, 0.2) is 6.33 Å². The van der Waals surface area contributed by atoms with Gasteiger partial charge in [0, 0.05) is 13.1 Å². The topological polar surface area (TPSA) is 104 Å². The lowest BCUT2D eigenvalue weighted by molar-refractivity contribution is 0.413. The number of rotatable bonds is 7. The Kier molecular flexibility index (Phi) is 4.96. The Balaban J connectivity index is 2.28. The number of halogens is 1. The summed E-state index contributed by atoms with van der Waals surface area (Å²) in [5, 5.41) is 0.118. The van der Waals surface area contributed by atoms with Crippen LogP contribution < -0.4 is 4.72 Å². The number of nitrogens with zero attached hydrogens (tertiary/aromatic N) is 4. The zero-order valence-electron chi connectivity index (χ0n) is 11.8. The summed E-state index contributed by atoms with van der Waals surface area (Å²) in [6.07, 6.45) is 2.87. The van der Waals surface area contributed by atoms with E-state index in [1.54, 1.807) is 0 Å². The highest BCUT2D eigenvalue weighted by atomic mass is 35.5. The van der Waals surface area contributed by atoms with Crippen LogP contribution in [-0.4, -0.2) is 45.7 Å². The van der Waals surface area contributed by atoms with Crippen LogP contribution >= 0.6 is 11.6 Å². The molecule has 0 spiro atoms. The largest absolute Gasteiger partial charge is 0.341 e. The maximum atomic E-state index is 12.3. The zero-order valence-corrected chi connectivity index (χ0v) is 13.4. The molecule has 0 amide bonds. The van der Waals surface area contributed by atoms with Crippen LogP contribution in [-0.2, 0) is 10.2 Å². The van der Waals surface area contributed by atoms with Crippen LogP contribution in [0.3, 0.4) is 0 Å². The molecule has 0 aliphatic carbocycles. The summed E-state index contributed by atoms with van der Waals surface area (Å²) < 4.78 is 28.4. The van der Waals surface area contributed by atoms with Crippen molar-refractivity contribution in [3.05, 3.63) is 11.5 Å². The molecule has 21 heavy (non-hydrogen) atoms. The van der Waals surface area contributed by atoms with Gasteiger partial charge in [-0.25, -0.2) is 9.71 Å². The number of hydrogen-bond donors (Lipinski definition) is 2. The van der Waals surface area contributed by atoms with E-state index in [9.17, 15) is 8.42 Å². The molecule has 2 aromatic rings. The molecule has 0 saturated heterocycles. The van der Waals surface area contributed by atoms with Crippen LogP contribution in [0.1, 0.15) is 26.7 Å². The zero-order chi connectivity index (χ0) is 15.5. The summed E-state index contributed by atoms with van der Waals surface area (Å²) in [4.78, 5) is 14.7. The smallest absolute Gasteiger partial charge is 0.303 e. The molecule has 0 aliphatic heterocycles. The van der Waals surface area contributed by atoms with Crippen LogP contribution in [0.2, 0.25) is 5.15 Å². The Morgan fingerprint density at radius 3 is 2.57 bits per heavy atom. The molecule has 2 N–H and O–H groups in total. The number of aromatic amines is 1. The Morgan fingerprint density at radius 2 is 1.95 bits per heavy atom. The third kappa shape index (κ3) is 3.60. The van der Waals surface area contributed by atoms with E-state index in [2.05, 4.69) is 24.7 Å². The third-order valence-electron chi connectivity index (χ3n) is 2.75. The molecule has 8 nitrogen and oxygen atoms in total. The molecule has 0 aromatic carbocycles. The number of aromatic nitrogens is 4. The van der Waals surface area contributed by atoms with Gasteiger partial charge in [0.05, 0.1) is 6.33 Å². The van der Waals surface area contributed by atoms with Gasteiger partial charge in [0.15, 0.2) is 10.8 Å². The second-order valence-electron chi connectivity index (χ2n) is 4.45. The van der Waals surface area contributed by atoms with E-state index < -0.39 is 10.2 Å². The van der Waals surface area contributed by atoms with E-state index in [1.165, 1.54) is 10.6 Å². The SMILES string of the molecule is CCCN(CCC)S(=O)(=O)Nc1nc(Cl)c2[nH]cnc2n1. The standard InChI is InChI=1S/C11H17ClN6O2S/c1-3-5-18(6-4-2)21(19,20)17-11-15-9(12)8-10(16-11)14-7-13-8/h7H,3-6H2,1-2H3,(H2,13,14,15,16,17). The molecule has 0 saturated carbocycles. The van der Waals surface area contributed by atoms with Crippen LogP contribution in [0.4, 0.5) is 5.95 Å². The predicted octanol–water partition coefficient (Wildman–Crippen LogP) is 1.78. The van der Waals surface area contributed by atoms with E-state index in [0.29, 0.717) is 24.3 Å². The Labute approximate surface area is 128 Å². The number of hydrogen-bond acceptors (Lipinski definition) is 5. The van der Waals surface area contributed by atoms with Crippen LogP contribution in [0.25, 0.3) is 11.2 Å². The van der Waals surface area contributed by atoms with Crippen LogP contribution in [0, 0.1) is 0 Å². The van der Waals surface area contributed by atoms with E-state index >= 15 is 0 Å². The van der Waals surface area contributed by atoms with Crippen molar-refractivity contribution >= 4 is 38.9 Å². The molecule has 10 heteroatoms. The summed E-state index contributed by atoms with van der Waals surface area (Å²) >= 11 is 5.96. The maximum absolute atomic E-state index is 12.3. The predicted molar refractivity (Wildman–Crippen MR) is 81.4 cm³/mol. The highest BCUT2D eigenvalue weighted by Gasteiger charge is 2.22.